The molecule has 0 radical (unpaired) electrons. The van der Waals surface area contributed by atoms with Crippen LogP contribution in [0.5, 0.6) is 0 Å². The van der Waals surface area contributed by atoms with Crippen LogP contribution in [0.15, 0.2) is 23.1 Å². The zero-order chi connectivity index (χ0) is 18.7. The third-order valence-electron chi connectivity index (χ3n) is 5.54. The average Bonchev–Trinajstić information content (AvgIpc) is 2.84. The molecule has 1 saturated heterocycles. The quantitative estimate of drug-likeness (QED) is 0.855. The van der Waals surface area contributed by atoms with Gasteiger partial charge in [-0.1, -0.05) is 6.07 Å². The van der Waals surface area contributed by atoms with E-state index in [1.165, 1.54) is 0 Å². The van der Waals surface area contributed by atoms with Gasteiger partial charge in [0.15, 0.2) is 0 Å². The van der Waals surface area contributed by atoms with Crippen LogP contribution in [0.1, 0.15) is 30.9 Å². The predicted octanol–water partition coefficient (Wildman–Crippen LogP) is 1.25. The van der Waals surface area contributed by atoms with E-state index in [0.717, 1.165) is 36.9 Å². The van der Waals surface area contributed by atoms with Crippen molar-refractivity contribution in [1.82, 2.24) is 14.5 Å². The van der Waals surface area contributed by atoms with Crippen molar-refractivity contribution >= 4 is 15.9 Å². The summed E-state index contributed by atoms with van der Waals surface area (Å²) in [6.07, 6.45) is 3.46. The highest BCUT2D eigenvalue weighted by Crippen LogP contribution is 2.26. The molecule has 1 aromatic rings. The van der Waals surface area contributed by atoms with E-state index < -0.39 is 10.0 Å². The molecule has 1 amide bonds. The molecule has 0 aromatic heterocycles. The maximum absolute atomic E-state index is 13.1. The van der Waals surface area contributed by atoms with Crippen molar-refractivity contribution < 1.29 is 13.2 Å². The average molecular weight is 380 g/mol. The molecule has 0 aliphatic carbocycles. The first kappa shape index (κ1) is 19.3. The minimum Gasteiger partial charge on any atom is -0.342 e. The van der Waals surface area contributed by atoms with Crippen LogP contribution in [0.2, 0.25) is 0 Å². The van der Waals surface area contributed by atoms with Gasteiger partial charge in [0.25, 0.3) is 0 Å². The second kappa shape index (κ2) is 8.06. The van der Waals surface area contributed by atoms with Gasteiger partial charge >= 0.3 is 0 Å². The lowest BCUT2D eigenvalue weighted by molar-refractivity contribution is -0.128. The van der Waals surface area contributed by atoms with Gasteiger partial charge in [-0.15, -0.1) is 0 Å². The molecule has 2 aliphatic heterocycles. The van der Waals surface area contributed by atoms with Gasteiger partial charge in [-0.25, -0.2) is 8.42 Å². The molecule has 2 aliphatic rings. The molecule has 1 unspecified atom stereocenters. The highest BCUT2D eigenvalue weighted by atomic mass is 32.2. The van der Waals surface area contributed by atoms with Crippen molar-refractivity contribution in [2.24, 2.45) is 5.92 Å². The van der Waals surface area contributed by atoms with Crippen molar-refractivity contribution in [3.05, 3.63) is 29.3 Å². The number of fused-ring (bicyclic) bond motifs is 1. The number of rotatable bonds is 4. The van der Waals surface area contributed by atoms with Gasteiger partial charge in [-0.05, 0) is 68.5 Å². The summed E-state index contributed by atoms with van der Waals surface area (Å²) >= 11 is 0. The Morgan fingerprint density at radius 1 is 1.19 bits per heavy atom. The smallest absolute Gasteiger partial charge is 0.243 e. The van der Waals surface area contributed by atoms with Crippen molar-refractivity contribution in [1.29, 1.82) is 0 Å². The first-order valence-corrected chi connectivity index (χ1v) is 10.9. The Hall–Kier alpha value is -1.44. The molecule has 1 fully saturated rings. The summed E-state index contributed by atoms with van der Waals surface area (Å²) in [7, 11) is -1.56. The molecule has 0 bridgehead atoms. The number of hydrogen-bond donors (Lipinski definition) is 1. The van der Waals surface area contributed by atoms with Crippen LogP contribution < -0.4 is 5.32 Å². The van der Waals surface area contributed by atoms with Crippen LogP contribution in [0.4, 0.5) is 0 Å². The molecule has 1 N–H and O–H groups in total. The van der Waals surface area contributed by atoms with Crippen LogP contribution >= 0.6 is 0 Å². The lowest BCUT2D eigenvalue weighted by Crippen LogP contribution is -2.42. The van der Waals surface area contributed by atoms with Gasteiger partial charge < -0.3 is 10.2 Å². The van der Waals surface area contributed by atoms with E-state index in [9.17, 15) is 13.2 Å². The Morgan fingerprint density at radius 2 is 1.92 bits per heavy atom. The molecular formula is C19H29N3O3S. The van der Waals surface area contributed by atoms with E-state index in [1.54, 1.807) is 17.3 Å². The Morgan fingerprint density at radius 3 is 2.62 bits per heavy atom. The molecule has 1 atom stereocenters. The first-order valence-electron chi connectivity index (χ1n) is 9.44. The maximum Gasteiger partial charge on any atom is 0.243 e. The highest BCUT2D eigenvalue weighted by Gasteiger charge is 2.30. The van der Waals surface area contributed by atoms with E-state index in [4.69, 9.17) is 0 Å². The third kappa shape index (κ3) is 4.10. The molecule has 2 heterocycles. The number of hydrogen-bond acceptors (Lipinski definition) is 4. The number of piperidine rings is 1. The van der Waals surface area contributed by atoms with E-state index in [0.29, 0.717) is 43.4 Å². The van der Waals surface area contributed by atoms with E-state index >= 15 is 0 Å². The van der Waals surface area contributed by atoms with Crippen molar-refractivity contribution in [3.63, 3.8) is 0 Å². The molecule has 0 spiro atoms. The Balaban J connectivity index is 1.80. The monoisotopic (exact) mass is 379 g/mol. The second-order valence-corrected chi connectivity index (χ2v) is 9.30. The van der Waals surface area contributed by atoms with Gasteiger partial charge in [0.2, 0.25) is 15.9 Å². The molecule has 6 nitrogen and oxygen atoms in total. The fourth-order valence-electron chi connectivity index (χ4n) is 4.03. The summed E-state index contributed by atoms with van der Waals surface area (Å²) in [5.41, 5.74) is 2.21. The molecular weight excluding hydrogens is 350 g/mol. The van der Waals surface area contributed by atoms with E-state index in [1.807, 2.05) is 24.1 Å². The maximum atomic E-state index is 13.1. The first-order chi connectivity index (χ1) is 12.4. The summed E-state index contributed by atoms with van der Waals surface area (Å²) in [6, 6.07) is 5.50. The molecule has 0 saturated carbocycles. The third-order valence-corrected chi connectivity index (χ3v) is 7.40. The van der Waals surface area contributed by atoms with Crippen LogP contribution in [0, 0.1) is 5.92 Å². The van der Waals surface area contributed by atoms with Gasteiger partial charge in [-0.2, -0.15) is 4.31 Å². The summed E-state index contributed by atoms with van der Waals surface area (Å²) in [4.78, 5) is 13.9. The van der Waals surface area contributed by atoms with E-state index in [2.05, 4.69) is 5.32 Å². The predicted molar refractivity (Wildman–Crippen MR) is 102 cm³/mol. The van der Waals surface area contributed by atoms with Crippen molar-refractivity contribution in [2.75, 3.05) is 39.8 Å². The van der Waals surface area contributed by atoms with Crippen LogP contribution in [-0.2, 0) is 27.7 Å². The zero-order valence-electron chi connectivity index (χ0n) is 15.7. The SMILES string of the molecule is CNCC1CCCN(S(=O)(=O)c2ccc3c(c2)CCN(C(C)=O)CC3)C1. The topological polar surface area (TPSA) is 69.7 Å². The van der Waals surface area contributed by atoms with E-state index in [-0.39, 0.29) is 5.91 Å². The standard InChI is InChI=1S/C19H29N3O3S/c1-15(23)21-10-7-17-5-6-19(12-18(17)8-11-21)26(24,25)22-9-3-4-16(14-22)13-20-2/h5-6,12,16,20H,3-4,7-11,13-14H2,1-2H3. The number of nitrogens with zero attached hydrogens (tertiary/aromatic N) is 2. The van der Waals surface area contributed by atoms with Crippen molar-refractivity contribution in [3.8, 4) is 0 Å². The molecule has 26 heavy (non-hydrogen) atoms. The van der Waals surface area contributed by atoms with Crippen LogP contribution in [0.25, 0.3) is 0 Å². The second-order valence-electron chi connectivity index (χ2n) is 7.37. The number of carbonyl (C=O) groups excluding carboxylic acids is 1. The van der Waals surface area contributed by atoms with Gasteiger partial charge in [0.1, 0.15) is 0 Å². The fraction of sp³-hybridized carbons (Fsp3) is 0.632. The number of sulfonamides is 1. The minimum atomic E-state index is -3.46. The fourth-order valence-corrected chi connectivity index (χ4v) is 5.63. The summed E-state index contributed by atoms with van der Waals surface area (Å²) in [6.45, 7) is 4.96. The molecule has 144 valence electrons. The number of carbonyl (C=O) groups is 1. The number of nitrogens with one attached hydrogen (secondary N) is 1. The van der Waals surface area contributed by atoms with Crippen molar-refractivity contribution in [2.45, 2.75) is 37.5 Å². The number of benzene rings is 1. The van der Waals surface area contributed by atoms with Gasteiger partial charge in [0.05, 0.1) is 4.90 Å². The summed E-state index contributed by atoms with van der Waals surface area (Å²) in [5.74, 6) is 0.447. The highest BCUT2D eigenvalue weighted by molar-refractivity contribution is 7.89. The Labute approximate surface area is 156 Å². The summed E-state index contributed by atoms with van der Waals surface area (Å²) in [5, 5.41) is 3.16. The van der Waals surface area contributed by atoms with Crippen LogP contribution in [-0.4, -0.2) is 63.3 Å². The Bertz CT molecular complexity index is 761. The summed E-state index contributed by atoms with van der Waals surface area (Å²) < 4.78 is 27.9. The number of amides is 1. The Kier molecular flexibility index (Phi) is 5.99. The van der Waals surface area contributed by atoms with Gasteiger partial charge in [0, 0.05) is 33.1 Å². The normalized spacial score (nSPS) is 21.9. The molecule has 1 aromatic carbocycles. The van der Waals surface area contributed by atoms with Gasteiger partial charge in [-0.3, -0.25) is 4.79 Å². The minimum absolute atomic E-state index is 0.0783. The lowest BCUT2D eigenvalue weighted by Gasteiger charge is -2.32. The molecule has 3 rings (SSSR count). The largest absolute Gasteiger partial charge is 0.342 e. The zero-order valence-corrected chi connectivity index (χ0v) is 16.5. The molecule has 7 heteroatoms. The lowest BCUT2D eigenvalue weighted by atomic mass is 10.00. The van der Waals surface area contributed by atoms with Crippen LogP contribution in [0.3, 0.4) is 0 Å².